The zero-order chi connectivity index (χ0) is 19.3. The van der Waals surface area contributed by atoms with Gasteiger partial charge in [-0.1, -0.05) is 0 Å². The Kier molecular flexibility index (Phi) is 4.94. The third-order valence-electron chi connectivity index (χ3n) is 5.29. The Morgan fingerprint density at radius 2 is 1.88 bits per heavy atom. The summed E-state index contributed by atoms with van der Waals surface area (Å²) in [6, 6.07) is -1.36. The van der Waals surface area contributed by atoms with Crippen LogP contribution in [0.2, 0.25) is 0 Å². The molecule has 2 aliphatic rings. The molecule has 2 fully saturated rings. The Hall–Kier alpha value is -1.63. The summed E-state index contributed by atoms with van der Waals surface area (Å²) in [5.41, 5.74) is -1.64. The number of ether oxygens (including phenoxy) is 1. The lowest BCUT2D eigenvalue weighted by atomic mass is 9.75. The zero-order valence-corrected chi connectivity index (χ0v) is 16.2. The Morgan fingerprint density at radius 1 is 1.32 bits per heavy atom. The van der Waals surface area contributed by atoms with Gasteiger partial charge in [-0.25, -0.2) is 4.79 Å². The first-order valence-corrected chi connectivity index (χ1v) is 8.88. The van der Waals surface area contributed by atoms with Crippen molar-refractivity contribution in [3.63, 3.8) is 0 Å². The summed E-state index contributed by atoms with van der Waals surface area (Å²) < 4.78 is 5.51. The topological polar surface area (TPSA) is 87.2 Å². The van der Waals surface area contributed by atoms with Crippen LogP contribution in [0.4, 0.5) is 4.79 Å². The molecule has 142 valence electrons. The van der Waals surface area contributed by atoms with Crippen LogP contribution in [0.25, 0.3) is 0 Å². The number of ketones is 1. The average molecular weight is 354 g/mol. The number of carbonyl (C=O) groups excluding carboxylic acids is 3. The molecule has 2 heterocycles. The summed E-state index contributed by atoms with van der Waals surface area (Å²) in [6.07, 6.45) is -0.236. The summed E-state index contributed by atoms with van der Waals surface area (Å²) in [4.78, 5) is 40.7. The molecule has 2 aliphatic heterocycles. The SMILES string of the molecule is CC(=O)[C@H]([C@@H](C)O)N1C(=O)C2(CCC(C)N2C(=O)OC(C)(C)C)C1C. The van der Waals surface area contributed by atoms with Crippen molar-refractivity contribution in [1.29, 1.82) is 0 Å². The number of β-lactam (4-membered cyclic amide) rings is 1. The van der Waals surface area contributed by atoms with Crippen LogP contribution < -0.4 is 0 Å². The summed E-state index contributed by atoms with van der Waals surface area (Å²) in [7, 11) is 0. The van der Waals surface area contributed by atoms with E-state index in [1.165, 1.54) is 18.7 Å². The first-order valence-electron chi connectivity index (χ1n) is 8.88. The van der Waals surface area contributed by atoms with Crippen molar-refractivity contribution in [3.8, 4) is 0 Å². The molecule has 7 heteroatoms. The molecule has 1 spiro atoms. The van der Waals surface area contributed by atoms with E-state index >= 15 is 0 Å². The highest BCUT2D eigenvalue weighted by Crippen LogP contribution is 2.48. The van der Waals surface area contributed by atoms with Crippen LogP contribution in [0, 0.1) is 0 Å². The molecule has 0 radical (unpaired) electrons. The molecular weight excluding hydrogens is 324 g/mol. The number of hydrogen-bond donors (Lipinski definition) is 1. The molecule has 0 aromatic rings. The van der Waals surface area contributed by atoms with E-state index in [0.717, 1.165) is 0 Å². The van der Waals surface area contributed by atoms with Gasteiger partial charge in [0.15, 0.2) is 5.78 Å². The second-order valence-corrected chi connectivity index (χ2v) is 8.35. The van der Waals surface area contributed by atoms with Crippen molar-refractivity contribution in [2.45, 2.75) is 96.7 Å². The Morgan fingerprint density at radius 3 is 2.28 bits per heavy atom. The third kappa shape index (κ3) is 3.03. The van der Waals surface area contributed by atoms with Gasteiger partial charge in [0.25, 0.3) is 5.91 Å². The van der Waals surface area contributed by atoms with Crippen molar-refractivity contribution in [3.05, 3.63) is 0 Å². The average Bonchev–Trinajstić information content (AvgIpc) is 2.81. The molecule has 0 saturated carbocycles. The molecule has 25 heavy (non-hydrogen) atoms. The molecule has 0 aliphatic carbocycles. The molecule has 0 aromatic heterocycles. The highest BCUT2D eigenvalue weighted by molar-refractivity contribution is 6.01. The van der Waals surface area contributed by atoms with Gasteiger partial charge < -0.3 is 14.7 Å². The molecular formula is C18H30N2O5. The molecule has 2 amide bonds. The smallest absolute Gasteiger partial charge is 0.411 e. The van der Waals surface area contributed by atoms with Crippen LogP contribution in [0.15, 0.2) is 0 Å². The minimum absolute atomic E-state index is 0.120. The predicted molar refractivity (Wildman–Crippen MR) is 92.0 cm³/mol. The number of rotatable bonds is 3. The molecule has 2 rings (SSSR count). The maximum Gasteiger partial charge on any atom is 0.411 e. The van der Waals surface area contributed by atoms with E-state index in [1.807, 2.05) is 13.8 Å². The number of carbonyl (C=O) groups is 3. The zero-order valence-electron chi connectivity index (χ0n) is 16.2. The van der Waals surface area contributed by atoms with E-state index in [-0.39, 0.29) is 23.8 Å². The maximum absolute atomic E-state index is 13.1. The van der Waals surface area contributed by atoms with Crippen LogP contribution in [0.5, 0.6) is 0 Å². The normalized spacial score (nSPS) is 31.8. The second-order valence-electron chi connectivity index (χ2n) is 8.35. The molecule has 1 N–H and O–H groups in total. The monoisotopic (exact) mass is 354 g/mol. The van der Waals surface area contributed by atoms with Crippen LogP contribution in [0.1, 0.15) is 61.3 Å². The summed E-state index contributed by atoms with van der Waals surface area (Å²) in [5.74, 6) is -0.545. The molecule has 2 saturated heterocycles. The fourth-order valence-corrected chi connectivity index (χ4v) is 4.22. The van der Waals surface area contributed by atoms with E-state index in [9.17, 15) is 19.5 Å². The number of likely N-dealkylation sites (tertiary alicyclic amines) is 2. The quantitative estimate of drug-likeness (QED) is 0.780. The van der Waals surface area contributed by atoms with Crippen molar-refractivity contribution >= 4 is 17.8 Å². The second kappa shape index (κ2) is 6.27. The van der Waals surface area contributed by atoms with Crippen molar-refractivity contribution in [2.24, 2.45) is 0 Å². The van der Waals surface area contributed by atoms with E-state index < -0.39 is 29.4 Å². The fraction of sp³-hybridized carbons (Fsp3) is 0.833. The van der Waals surface area contributed by atoms with Gasteiger partial charge in [0.05, 0.1) is 12.1 Å². The molecule has 5 atom stereocenters. The number of aliphatic hydroxyl groups excluding tert-OH is 1. The van der Waals surface area contributed by atoms with E-state index in [2.05, 4.69) is 0 Å². The minimum Gasteiger partial charge on any atom is -0.444 e. The Labute approximate surface area is 149 Å². The summed E-state index contributed by atoms with van der Waals surface area (Å²) in [6.45, 7) is 12.0. The summed E-state index contributed by atoms with van der Waals surface area (Å²) >= 11 is 0. The number of aliphatic hydroxyl groups is 1. The van der Waals surface area contributed by atoms with E-state index in [0.29, 0.717) is 12.8 Å². The van der Waals surface area contributed by atoms with Gasteiger partial charge in [0, 0.05) is 6.04 Å². The van der Waals surface area contributed by atoms with E-state index in [4.69, 9.17) is 4.74 Å². The van der Waals surface area contributed by atoms with Gasteiger partial charge in [0.2, 0.25) is 0 Å². The lowest BCUT2D eigenvalue weighted by Crippen LogP contribution is -2.81. The van der Waals surface area contributed by atoms with Crippen LogP contribution in [0.3, 0.4) is 0 Å². The van der Waals surface area contributed by atoms with Crippen molar-refractivity contribution in [2.75, 3.05) is 0 Å². The van der Waals surface area contributed by atoms with Gasteiger partial charge in [-0.2, -0.15) is 0 Å². The van der Waals surface area contributed by atoms with Crippen molar-refractivity contribution in [1.82, 2.24) is 9.80 Å². The van der Waals surface area contributed by atoms with Crippen LogP contribution in [-0.4, -0.2) is 68.1 Å². The lowest BCUT2D eigenvalue weighted by Gasteiger charge is -2.59. The Bertz CT molecular complexity index is 583. The highest BCUT2D eigenvalue weighted by atomic mass is 16.6. The standard InChI is InChI=1S/C18H30N2O5/c1-10-8-9-18(20(10)16(24)25-17(5,6)7)13(4)19(15(18)23)14(11(2)21)12(3)22/h10-11,13-14,21H,8-9H2,1-7H3/t10?,11-,13?,14+,18?/m1/s1. The largest absolute Gasteiger partial charge is 0.444 e. The highest BCUT2D eigenvalue weighted by Gasteiger charge is 2.68. The van der Waals surface area contributed by atoms with Crippen molar-refractivity contribution < 1.29 is 24.2 Å². The van der Waals surface area contributed by atoms with Gasteiger partial charge in [-0.3, -0.25) is 14.5 Å². The molecule has 0 bridgehead atoms. The van der Waals surface area contributed by atoms with Gasteiger partial charge in [0.1, 0.15) is 17.2 Å². The lowest BCUT2D eigenvalue weighted by molar-refractivity contribution is -0.183. The summed E-state index contributed by atoms with van der Waals surface area (Å²) in [5, 5.41) is 9.94. The number of nitrogens with zero attached hydrogens (tertiary/aromatic N) is 2. The molecule has 0 aromatic carbocycles. The van der Waals surface area contributed by atoms with Gasteiger partial charge in [-0.15, -0.1) is 0 Å². The first kappa shape index (κ1) is 19.7. The predicted octanol–water partition coefficient (Wildman–Crippen LogP) is 1.71. The van der Waals surface area contributed by atoms with E-state index in [1.54, 1.807) is 25.7 Å². The van der Waals surface area contributed by atoms with Gasteiger partial charge in [-0.05, 0) is 61.3 Å². The first-order chi connectivity index (χ1) is 11.3. The fourth-order valence-electron chi connectivity index (χ4n) is 4.22. The Balaban J connectivity index is 2.33. The maximum atomic E-state index is 13.1. The molecule has 7 nitrogen and oxygen atoms in total. The number of amides is 2. The number of Topliss-reactive ketones (excluding diaryl/α,β-unsaturated/α-hetero) is 1. The minimum atomic E-state index is -0.982. The van der Waals surface area contributed by atoms with Crippen LogP contribution >= 0.6 is 0 Å². The molecule has 3 unspecified atom stereocenters. The third-order valence-corrected chi connectivity index (χ3v) is 5.29. The van der Waals surface area contributed by atoms with Gasteiger partial charge >= 0.3 is 6.09 Å². The van der Waals surface area contributed by atoms with Crippen LogP contribution in [-0.2, 0) is 14.3 Å². The number of hydrogen-bond acceptors (Lipinski definition) is 5.